The third kappa shape index (κ3) is 6.62. The Morgan fingerprint density at radius 3 is 1.72 bits per heavy atom. The standard InChI is InChI=1S/C7H6O3.C4H4O4/c8-6-4-2-1-3-5(6)7(9)10;5-3(6)1-2-4(7)8/h1-4,8H,(H,9,10);1-2H,(H,5,6)(H,7,8)/p-3/b;2-1+. The molecule has 0 aliphatic carbocycles. The van der Waals surface area contributed by atoms with Crippen molar-refractivity contribution in [2.75, 3.05) is 0 Å². The van der Waals surface area contributed by atoms with Gasteiger partial charge in [-0.25, -0.2) is 4.79 Å². The van der Waals surface area contributed by atoms with Crippen molar-refractivity contribution in [1.82, 2.24) is 0 Å². The summed E-state index contributed by atoms with van der Waals surface area (Å²) in [5.41, 5.74) is -0.178. The number of carbonyl (C=O) groups excluding carboxylic acids is 2. The van der Waals surface area contributed by atoms with E-state index in [4.69, 9.17) is 5.11 Å². The molecule has 0 aromatic heterocycles. The molecule has 0 aliphatic rings. The first-order valence-corrected chi connectivity index (χ1v) is 4.44. The van der Waals surface area contributed by atoms with Crippen LogP contribution in [-0.2, 0) is 9.59 Å². The summed E-state index contributed by atoms with van der Waals surface area (Å²) < 4.78 is 0. The maximum absolute atomic E-state index is 10.7. The summed E-state index contributed by atoms with van der Waals surface area (Å²) in [5.74, 6) is -4.72. The number of carboxylic acid groups (broad SMARTS) is 3. The van der Waals surface area contributed by atoms with Gasteiger partial charge in [-0.15, -0.1) is 0 Å². The minimum absolute atomic E-state index is 0.178. The molecule has 0 heterocycles. The van der Waals surface area contributed by atoms with Gasteiger partial charge in [0.1, 0.15) is 0 Å². The van der Waals surface area contributed by atoms with Crippen LogP contribution in [0, 0.1) is 0 Å². The van der Waals surface area contributed by atoms with Gasteiger partial charge in [-0.1, -0.05) is 23.9 Å². The molecule has 0 spiro atoms. The molecule has 0 fully saturated rings. The summed E-state index contributed by atoms with van der Waals surface area (Å²) in [6.07, 6.45) is 0.769. The number of carboxylic acids is 3. The van der Waals surface area contributed by atoms with Gasteiger partial charge in [0.2, 0.25) is 0 Å². The predicted octanol–water partition coefficient (Wildman–Crippen LogP) is -2.50. The molecule has 1 aromatic rings. The summed E-state index contributed by atoms with van der Waals surface area (Å²) in [6.45, 7) is 0. The van der Waals surface area contributed by atoms with Crippen molar-refractivity contribution in [3.8, 4) is 5.75 Å². The Labute approximate surface area is 101 Å². The van der Waals surface area contributed by atoms with Crippen molar-refractivity contribution in [3.05, 3.63) is 42.0 Å². The van der Waals surface area contributed by atoms with Crippen LogP contribution < -0.4 is 15.3 Å². The summed E-state index contributed by atoms with van der Waals surface area (Å²) in [5, 5.41) is 37.9. The first-order valence-electron chi connectivity index (χ1n) is 4.44. The van der Waals surface area contributed by atoms with Crippen LogP contribution in [0.2, 0.25) is 0 Å². The van der Waals surface area contributed by atoms with E-state index in [0.29, 0.717) is 12.2 Å². The minimum atomic E-state index is -1.55. The van der Waals surface area contributed by atoms with Gasteiger partial charge in [0.25, 0.3) is 0 Å². The first kappa shape index (κ1) is 15.2. The highest BCUT2D eigenvalue weighted by molar-refractivity contribution is 5.90. The van der Waals surface area contributed by atoms with Gasteiger partial charge in [0.15, 0.2) is 0 Å². The summed E-state index contributed by atoms with van der Waals surface area (Å²) in [6, 6.07) is 5.54. The molecule has 7 nitrogen and oxygen atoms in total. The molecule has 0 unspecified atom stereocenters. The van der Waals surface area contributed by atoms with Crippen LogP contribution >= 0.6 is 0 Å². The summed E-state index contributed by atoms with van der Waals surface area (Å²) in [7, 11) is 0. The second-order valence-corrected chi connectivity index (χ2v) is 2.77. The zero-order valence-corrected chi connectivity index (χ0v) is 8.86. The highest BCUT2D eigenvalue weighted by Crippen LogP contribution is 2.10. The normalized spacial score (nSPS) is 9.33. The fourth-order valence-corrected chi connectivity index (χ4v) is 0.779. The Morgan fingerprint density at radius 1 is 1.00 bits per heavy atom. The van der Waals surface area contributed by atoms with Crippen molar-refractivity contribution in [2.45, 2.75) is 0 Å². The highest BCUT2D eigenvalue weighted by atomic mass is 16.4. The molecule has 18 heavy (non-hydrogen) atoms. The maximum Gasteiger partial charge on any atom is 0.335 e. The Hall–Kier alpha value is -2.83. The van der Waals surface area contributed by atoms with Gasteiger partial charge in [-0.3, -0.25) is 0 Å². The van der Waals surface area contributed by atoms with Crippen molar-refractivity contribution in [1.29, 1.82) is 0 Å². The fourth-order valence-electron chi connectivity index (χ4n) is 0.779. The van der Waals surface area contributed by atoms with E-state index in [0.717, 1.165) is 0 Å². The Kier molecular flexibility index (Phi) is 6.27. The van der Waals surface area contributed by atoms with Crippen LogP contribution in [0.3, 0.4) is 0 Å². The van der Waals surface area contributed by atoms with Gasteiger partial charge >= 0.3 is 5.97 Å². The van der Waals surface area contributed by atoms with E-state index >= 15 is 0 Å². The van der Waals surface area contributed by atoms with E-state index in [2.05, 4.69) is 0 Å². The lowest BCUT2D eigenvalue weighted by Gasteiger charge is -2.07. The number of carbonyl (C=O) groups is 3. The predicted molar refractivity (Wildman–Crippen MR) is 52.0 cm³/mol. The SMILES string of the molecule is O=C(O)c1ccccc1[O-].O=C([O-])/C=C/C(=O)[O-]. The number of hydrogen-bond acceptors (Lipinski definition) is 6. The fraction of sp³-hybridized carbons (Fsp3) is 0. The van der Waals surface area contributed by atoms with Crippen LogP contribution in [0.1, 0.15) is 10.4 Å². The molecule has 0 aliphatic heterocycles. The summed E-state index contributed by atoms with van der Waals surface area (Å²) >= 11 is 0. The van der Waals surface area contributed by atoms with Crippen molar-refractivity contribution < 1.29 is 34.8 Å². The molecule has 96 valence electrons. The zero-order chi connectivity index (χ0) is 14.1. The van der Waals surface area contributed by atoms with Crippen LogP contribution in [0.4, 0.5) is 0 Å². The van der Waals surface area contributed by atoms with Gasteiger partial charge < -0.3 is 30.0 Å². The average molecular weight is 251 g/mol. The van der Waals surface area contributed by atoms with Crippen LogP contribution in [0.5, 0.6) is 5.75 Å². The molecule has 1 rings (SSSR count). The lowest BCUT2D eigenvalue weighted by atomic mass is 10.2. The van der Waals surface area contributed by atoms with E-state index < -0.39 is 23.7 Å². The first-order chi connectivity index (χ1) is 8.34. The van der Waals surface area contributed by atoms with E-state index in [9.17, 15) is 29.7 Å². The Bertz CT molecular complexity index is 460. The largest absolute Gasteiger partial charge is 0.872 e. The molecule has 7 heteroatoms. The van der Waals surface area contributed by atoms with E-state index in [1.807, 2.05) is 0 Å². The molecular formula is C11H7O7-3. The smallest absolute Gasteiger partial charge is 0.335 e. The zero-order valence-electron chi connectivity index (χ0n) is 8.86. The molecule has 0 bridgehead atoms. The number of para-hydroxylation sites is 1. The molecule has 0 amide bonds. The minimum Gasteiger partial charge on any atom is -0.872 e. The lowest BCUT2D eigenvalue weighted by molar-refractivity contribution is -0.301. The molecule has 0 saturated carbocycles. The van der Waals surface area contributed by atoms with Crippen LogP contribution in [-0.4, -0.2) is 23.0 Å². The average Bonchev–Trinajstić information content (AvgIpc) is 2.27. The van der Waals surface area contributed by atoms with Gasteiger partial charge in [0, 0.05) is 0 Å². The quantitative estimate of drug-likeness (QED) is 0.585. The summed E-state index contributed by atoms with van der Waals surface area (Å²) in [4.78, 5) is 29.1. The third-order valence-corrected chi connectivity index (χ3v) is 1.47. The molecule has 0 atom stereocenters. The Balaban J connectivity index is 0.000000331. The van der Waals surface area contributed by atoms with E-state index in [1.165, 1.54) is 24.3 Å². The van der Waals surface area contributed by atoms with Crippen LogP contribution in [0.15, 0.2) is 36.4 Å². The van der Waals surface area contributed by atoms with Gasteiger partial charge in [0.05, 0.1) is 17.5 Å². The van der Waals surface area contributed by atoms with Crippen molar-refractivity contribution >= 4 is 17.9 Å². The number of rotatable bonds is 3. The lowest BCUT2D eigenvalue weighted by Crippen LogP contribution is -2.23. The number of hydrogen-bond donors (Lipinski definition) is 1. The molecule has 1 aromatic carbocycles. The van der Waals surface area contributed by atoms with Crippen molar-refractivity contribution in [2.24, 2.45) is 0 Å². The molecule has 0 radical (unpaired) electrons. The second-order valence-electron chi connectivity index (χ2n) is 2.77. The third-order valence-electron chi connectivity index (χ3n) is 1.47. The van der Waals surface area contributed by atoms with E-state index in [-0.39, 0.29) is 5.56 Å². The van der Waals surface area contributed by atoms with Crippen molar-refractivity contribution in [3.63, 3.8) is 0 Å². The number of aromatic carboxylic acids is 1. The molecular weight excluding hydrogens is 244 g/mol. The van der Waals surface area contributed by atoms with E-state index in [1.54, 1.807) is 0 Å². The number of aliphatic carboxylic acids is 2. The van der Waals surface area contributed by atoms with Crippen LogP contribution in [0.25, 0.3) is 0 Å². The topological polar surface area (TPSA) is 141 Å². The van der Waals surface area contributed by atoms with Gasteiger partial charge in [-0.05, 0) is 18.2 Å². The Morgan fingerprint density at radius 2 is 1.44 bits per heavy atom. The second kappa shape index (κ2) is 7.44. The maximum atomic E-state index is 10.7. The number of benzene rings is 1. The molecule has 0 saturated heterocycles. The highest BCUT2D eigenvalue weighted by Gasteiger charge is 1.99. The monoisotopic (exact) mass is 251 g/mol. The van der Waals surface area contributed by atoms with Gasteiger partial charge in [-0.2, -0.15) is 0 Å². The molecule has 1 N–H and O–H groups in total.